The summed E-state index contributed by atoms with van der Waals surface area (Å²) in [6.07, 6.45) is 2.01. The second kappa shape index (κ2) is 8.40. The van der Waals surface area contributed by atoms with Crippen molar-refractivity contribution >= 4 is 31.5 Å². The first-order chi connectivity index (χ1) is 13.3. The standard InChI is InChI=1S/C19H17ClN2O4S2/c20-18-10-9-17(27(23,24)16-7-2-1-3-8-16)14-19(18)28(25,26)22-13-11-15-6-4-5-12-21-15/h1-10,12,14,22H,11,13H2. The molecule has 0 spiro atoms. The zero-order valence-corrected chi connectivity index (χ0v) is 17.0. The summed E-state index contributed by atoms with van der Waals surface area (Å²) in [6, 6.07) is 16.8. The number of hydrogen-bond donors (Lipinski definition) is 1. The van der Waals surface area contributed by atoms with E-state index in [0.717, 1.165) is 11.8 Å². The van der Waals surface area contributed by atoms with Gasteiger partial charge in [0, 0.05) is 24.9 Å². The lowest BCUT2D eigenvalue weighted by Gasteiger charge is -2.11. The normalized spacial score (nSPS) is 12.0. The number of benzene rings is 2. The molecule has 0 atom stereocenters. The van der Waals surface area contributed by atoms with E-state index >= 15 is 0 Å². The molecule has 0 fully saturated rings. The predicted molar refractivity (Wildman–Crippen MR) is 106 cm³/mol. The van der Waals surface area contributed by atoms with Gasteiger partial charge in [0.25, 0.3) is 0 Å². The van der Waals surface area contributed by atoms with Gasteiger partial charge >= 0.3 is 0 Å². The van der Waals surface area contributed by atoms with Crippen molar-refractivity contribution in [1.82, 2.24) is 9.71 Å². The van der Waals surface area contributed by atoms with E-state index < -0.39 is 19.9 Å². The summed E-state index contributed by atoms with van der Waals surface area (Å²) in [5.74, 6) is 0. The molecule has 0 saturated carbocycles. The van der Waals surface area contributed by atoms with Crippen LogP contribution in [0.2, 0.25) is 5.02 Å². The predicted octanol–water partition coefficient (Wildman–Crippen LogP) is 3.09. The summed E-state index contributed by atoms with van der Waals surface area (Å²) in [7, 11) is -7.86. The Kier molecular flexibility index (Phi) is 6.14. The Balaban J connectivity index is 1.86. The second-order valence-electron chi connectivity index (χ2n) is 5.88. The van der Waals surface area contributed by atoms with E-state index in [1.165, 1.54) is 24.3 Å². The Labute approximate surface area is 169 Å². The third-order valence-corrected chi connectivity index (χ3v) is 7.67. The number of hydrogen-bond acceptors (Lipinski definition) is 5. The molecule has 1 heterocycles. The SMILES string of the molecule is O=S(=O)(NCCc1ccccn1)c1cc(S(=O)(=O)c2ccccc2)ccc1Cl. The quantitative estimate of drug-likeness (QED) is 0.614. The van der Waals surface area contributed by atoms with Gasteiger partial charge in [0.05, 0.1) is 14.8 Å². The van der Waals surface area contributed by atoms with Crippen LogP contribution in [0.15, 0.2) is 87.6 Å². The van der Waals surface area contributed by atoms with Crippen LogP contribution < -0.4 is 4.72 Å². The fraction of sp³-hybridized carbons (Fsp3) is 0.105. The van der Waals surface area contributed by atoms with Crippen molar-refractivity contribution < 1.29 is 16.8 Å². The van der Waals surface area contributed by atoms with E-state index in [-0.39, 0.29) is 26.3 Å². The Morgan fingerprint density at radius 1 is 0.857 bits per heavy atom. The maximum atomic E-state index is 12.8. The van der Waals surface area contributed by atoms with Gasteiger partial charge in [-0.3, -0.25) is 4.98 Å². The van der Waals surface area contributed by atoms with Gasteiger partial charge in [0.2, 0.25) is 19.9 Å². The molecule has 0 amide bonds. The third kappa shape index (κ3) is 4.59. The van der Waals surface area contributed by atoms with Crippen LogP contribution in [0.25, 0.3) is 0 Å². The van der Waals surface area contributed by atoms with Gasteiger partial charge in [-0.05, 0) is 42.5 Å². The summed E-state index contributed by atoms with van der Waals surface area (Å²) < 4.78 is 53.2. The monoisotopic (exact) mass is 436 g/mol. The van der Waals surface area contributed by atoms with E-state index in [1.54, 1.807) is 36.5 Å². The van der Waals surface area contributed by atoms with Crippen molar-refractivity contribution in [3.8, 4) is 0 Å². The fourth-order valence-electron chi connectivity index (χ4n) is 2.53. The average Bonchev–Trinajstić information content (AvgIpc) is 2.69. The topological polar surface area (TPSA) is 93.2 Å². The van der Waals surface area contributed by atoms with E-state index in [0.29, 0.717) is 6.42 Å². The molecule has 0 aliphatic heterocycles. The minimum atomic E-state index is -4.00. The van der Waals surface area contributed by atoms with Crippen LogP contribution >= 0.6 is 11.6 Å². The lowest BCUT2D eigenvalue weighted by Crippen LogP contribution is -2.26. The molecule has 9 heteroatoms. The van der Waals surface area contributed by atoms with E-state index in [1.807, 2.05) is 6.07 Å². The first-order valence-electron chi connectivity index (χ1n) is 8.30. The van der Waals surface area contributed by atoms with Crippen LogP contribution in [0.1, 0.15) is 5.69 Å². The molecule has 0 aliphatic rings. The number of sulfonamides is 1. The number of halogens is 1. The molecular formula is C19H17ClN2O4S2. The van der Waals surface area contributed by atoms with Crippen molar-refractivity contribution in [3.63, 3.8) is 0 Å². The Morgan fingerprint density at radius 3 is 2.25 bits per heavy atom. The molecule has 146 valence electrons. The van der Waals surface area contributed by atoms with Gasteiger partial charge in [-0.2, -0.15) is 0 Å². The number of rotatable bonds is 7. The zero-order valence-electron chi connectivity index (χ0n) is 14.6. The molecule has 0 aliphatic carbocycles. The number of nitrogens with one attached hydrogen (secondary N) is 1. The van der Waals surface area contributed by atoms with Crippen LogP contribution in [0.3, 0.4) is 0 Å². The highest BCUT2D eigenvalue weighted by Crippen LogP contribution is 2.28. The van der Waals surface area contributed by atoms with Gasteiger partial charge in [-0.1, -0.05) is 35.9 Å². The lowest BCUT2D eigenvalue weighted by molar-refractivity contribution is 0.581. The van der Waals surface area contributed by atoms with E-state index in [4.69, 9.17) is 11.6 Å². The largest absolute Gasteiger partial charge is 0.261 e. The minimum absolute atomic E-state index is 0.0580. The minimum Gasteiger partial charge on any atom is -0.261 e. The molecule has 6 nitrogen and oxygen atoms in total. The first-order valence-corrected chi connectivity index (χ1v) is 11.6. The number of aromatic nitrogens is 1. The van der Waals surface area contributed by atoms with Gasteiger partial charge < -0.3 is 0 Å². The zero-order chi connectivity index (χ0) is 20.2. The molecule has 0 unspecified atom stereocenters. The molecule has 28 heavy (non-hydrogen) atoms. The summed E-state index contributed by atoms with van der Waals surface area (Å²) in [5, 5.41) is -0.0580. The smallest absolute Gasteiger partial charge is 0.242 e. The van der Waals surface area contributed by atoms with E-state index in [9.17, 15) is 16.8 Å². The fourth-order valence-corrected chi connectivity index (χ4v) is 5.47. The van der Waals surface area contributed by atoms with Crippen LogP contribution in [-0.4, -0.2) is 28.4 Å². The summed E-state index contributed by atoms with van der Waals surface area (Å²) in [4.78, 5) is 3.77. The second-order valence-corrected chi connectivity index (χ2v) is 9.97. The molecule has 2 aromatic carbocycles. The van der Waals surface area contributed by atoms with Crippen LogP contribution in [0, 0.1) is 0 Å². The van der Waals surface area contributed by atoms with Crippen molar-refractivity contribution in [2.24, 2.45) is 0 Å². The van der Waals surface area contributed by atoms with E-state index in [2.05, 4.69) is 9.71 Å². The number of pyridine rings is 1. The van der Waals surface area contributed by atoms with Crippen molar-refractivity contribution in [1.29, 1.82) is 0 Å². The lowest BCUT2D eigenvalue weighted by atomic mass is 10.3. The van der Waals surface area contributed by atoms with Crippen LogP contribution in [0.5, 0.6) is 0 Å². The molecule has 3 aromatic rings. The Bertz CT molecular complexity index is 1170. The maximum Gasteiger partial charge on any atom is 0.242 e. The van der Waals surface area contributed by atoms with Gasteiger partial charge in [0.1, 0.15) is 4.90 Å². The van der Waals surface area contributed by atoms with Crippen molar-refractivity contribution in [3.05, 3.63) is 83.6 Å². The Hall–Kier alpha value is -2.26. The molecular weight excluding hydrogens is 420 g/mol. The highest BCUT2D eigenvalue weighted by atomic mass is 35.5. The number of sulfone groups is 1. The van der Waals surface area contributed by atoms with Gasteiger partial charge in [0.15, 0.2) is 0 Å². The van der Waals surface area contributed by atoms with Crippen molar-refractivity contribution in [2.45, 2.75) is 21.1 Å². The highest BCUT2D eigenvalue weighted by Gasteiger charge is 2.23. The van der Waals surface area contributed by atoms with Gasteiger partial charge in [-0.25, -0.2) is 21.6 Å². The molecule has 0 saturated heterocycles. The van der Waals surface area contributed by atoms with Crippen molar-refractivity contribution in [2.75, 3.05) is 6.54 Å². The summed E-state index contributed by atoms with van der Waals surface area (Å²) in [5.41, 5.74) is 0.733. The third-order valence-electron chi connectivity index (χ3n) is 3.96. The number of nitrogens with zero attached hydrogens (tertiary/aromatic N) is 1. The molecule has 1 N–H and O–H groups in total. The molecule has 0 bridgehead atoms. The Morgan fingerprint density at radius 2 is 1.57 bits per heavy atom. The molecule has 0 radical (unpaired) electrons. The summed E-state index contributed by atoms with van der Waals surface area (Å²) >= 11 is 6.05. The average molecular weight is 437 g/mol. The summed E-state index contributed by atoms with van der Waals surface area (Å²) in [6.45, 7) is 0.103. The van der Waals surface area contributed by atoms with Crippen LogP contribution in [-0.2, 0) is 26.3 Å². The highest BCUT2D eigenvalue weighted by molar-refractivity contribution is 7.91. The molecule has 3 rings (SSSR count). The first kappa shape index (κ1) is 20.5. The van der Waals surface area contributed by atoms with Gasteiger partial charge in [-0.15, -0.1) is 0 Å². The molecule has 1 aromatic heterocycles. The maximum absolute atomic E-state index is 12.8. The van der Waals surface area contributed by atoms with Crippen LogP contribution in [0.4, 0.5) is 0 Å².